The van der Waals surface area contributed by atoms with E-state index in [1.165, 1.54) is 4.90 Å². The van der Waals surface area contributed by atoms with Crippen LogP contribution in [0.2, 0.25) is 0 Å². The van der Waals surface area contributed by atoms with Crippen LogP contribution in [-0.4, -0.2) is 77.8 Å². The van der Waals surface area contributed by atoms with Crippen molar-refractivity contribution >= 4 is 29.1 Å². The number of hydrogen-bond acceptors (Lipinski definition) is 6. The lowest BCUT2D eigenvalue weighted by Crippen LogP contribution is -2.60. The summed E-state index contributed by atoms with van der Waals surface area (Å²) in [5.41, 5.74) is -0.962. The first kappa shape index (κ1) is 32.4. The molecular weight excluding hydrogens is 570 g/mol. The van der Waals surface area contributed by atoms with E-state index in [4.69, 9.17) is 9.47 Å². The number of para-hydroxylation sites is 1. The van der Waals surface area contributed by atoms with Crippen molar-refractivity contribution in [1.82, 2.24) is 4.90 Å². The Labute approximate surface area is 266 Å². The van der Waals surface area contributed by atoms with Crippen molar-refractivity contribution in [3.8, 4) is 5.75 Å². The van der Waals surface area contributed by atoms with Crippen LogP contribution < -0.4 is 14.5 Å². The molecule has 2 aromatic carbocycles. The summed E-state index contributed by atoms with van der Waals surface area (Å²) in [4.78, 5) is 49.2. The highest BCUT2D eigenvalue weighted by molar-refractivity contribution is 6.07. The van der Waals surface area contributed by atoms with Crippen LogP contribution in [0.4, 0.5) is 11.4 Å². The first-order valence-electron chi connectivity index (χ1n) is 15.7. The van der Waals surface area contributed by atoms with Gasteiger partial charge in [-0.05, 0) is 61.6 Å². The molecule has 3 fully saturated rings. The van der Waals surface area contributed by atoms with Crippen molar-refractivity contribution in [2.24, 2.45) is 23.7 Å². The first-order chi connectivity index (χ1) is 21.5. The molecule has 5 rings (SSSR count). The van der Waals surface area contributed by atoms with Gasteiger partial charge in [-0.3, -0.25) is 14.4 Å². The van der Waals surface area contributed by atoms with Gasteiger partial charge in [-0.15, -0.1) is 13.2 Å². The Balaban J connectivity index is 1.66. The van der Waals surface area contributed by atoms with Crippen molar-refractivity contribution in [3.05, 3.63) is 79.9 Å². The van der Waals surface area contributed by atoms with E-state index in [2.05, 4.69) is 13.2 Å². The van der Waals surface area contributed by atoms with E-state index in [-0.39, 0.29) is 49.3 Å². The maximum Gasteiger partial charge on any atom is 0.253 e. The molecule has 3 amide bonds. The number of fused-ring (bicyclic) bond motifs is 1. The summed E-state index contributed by atoms with van der Waals surface area (Å²) in [5, 5.41) is 10.6. The number of hydrogen-bond donors (Lipinski definition) is 1. The van der Waals surface area contributed by atoms with Gasteiger partial charge in [0.15, 0.2) is 0 Å². The predicted molar refractivity (Wildman–Crippen MR) is 174 cm³/mol. The van der Waals surface area contributed by atoms with Gasteiger partial charge in [0.25, 0.3) is 5.91 Å². The molecule has 1 spiro atoms. The third kappa shape index (κ3) is 5.06. The van der Waals surface area contributed by atoms with Gasteiger partial charge in [0, 0.05) is 24.5 Å². The molecule has 0 aromatic heterocycles. The standard InChI is InChI=1S/C36H45N3O6/c1-8-19-37(25-13-11-10-12-14-25)32(41)29-30-33(42)39(28(22-40)23(3)4)31(36(30)21-24(5)35(29,6)45-36)34(43)38(20-9-2)26-15-17-27(44-7)18-16-26/h8-18,23-24,28-31,40H,1-2,19-22H2,3-7H3/t24?,28-,29+,30-,31?,35-,36?/m0/s1. The number of likely N-dealkylation sites (tertiary alicyclic amines) is 1. The molecule has 3 aliphatic rings. The third-order valence-electron chi connectivity index (χ3n) is 10.2. The molecule has 2 bridgehead atoms. The van der Waals surface area contributed by atoms with Gasteiger partial charge in [-0.1, -0.05) is 51.1 Å². The highest BCUT2D eigenvalue weighted by Gasteiger charge is 2.80. The maximum absolute atomic E-state index is 14.9. The Morgan fingerprint density at radius 1 is 1.04 bits per heavy atom. The predicted octanol–water partition coefficient (Wildman–Crippen LogP) is 4.46. The largest absolute Gasteiger partial charge is 0.497 e. The van der Waals surface area contributed by atoms with Crippen LogP contribution in [0.3, 0.4) is 0 Å². The van der Waals surface area contributed by atoms with Gasteiger partial charge in [0.05, 0.1) is 37.2 Å². The van der Waals surface area contributed by atoms with E-state index < -0.39 is 35.1 Å². The molecular formula is C36H45N3O6. The van der Waals surface area contributed by atoms with Gasteiger partial charge >= 0.3 is 0 Å². The Morgan fingerprint density at radius 2 is 1.62 bits per heavy atom. The second-order valence-electron chi connectivity index (χ2n) is 13.0. The average Bonchev–Trinajstić information content (AvgIpc) is 3.55. The Bertz CT molecular complexity index is 1440. The number of benzene rings is 2. The summed E-state index contributed by atoms with van der Waals surface area (Å²) in [6, 6.07) is 14.7. The second-order valence-corrected chi connectivity index (χ2v) is 13.0. The number of nitrogens with zero attached hydrogens (tertiary/aromatic N) is 3. The normalized spacial score (nSPS) is 29.0. The van der Waals surface area contributed by atoms with E-state index >= 15 is 0 Å². The van der Waals surface area contributed by atoms with E-state index in [0.717, 1.165) is 0 Å². The Hall–Kier alpha value is -3.95. The van der Waals surface area contributed by atoms with Crippen molar-refractivity contribution in [1.29, 1.82) is 0 Å². The zero-order valence-electron chi connectivity index (χ0n) is 26.9. The molecule has 3 saturated heterocycles. The molecule has 0 radical (unpaired) electrons. The van der Waals surface area contributed by atoms with Crippen LogP contribution in [0.25, 0.3) is 0 Å². The van der Waals surface area contributed by atoms with Gasteiger partial charge in [0.1, 0.15) is 17.4 Å². The van der Waals surface area contributed by atoms with Crippen LogP contribution in [0.1, 0.15) is 34.1 Å². The van der Waals surface area contributed by atoms with Gasteiger partial charge in [-0.2, -0.15) is 0 Å². The molecule has 45 heavy (non-hydrogen) atoms. The topological polar surface area (TPSA) is 99.6 Å². The number of ether oxygens (including phenoxy) is 2. The minimum atomic E-state index is -1.27. The molecule has 3 aliphatic heterocycles. The third-order valence-corrected chi connectivity index (χ3v) is 10.2. The minimum absolute atomic E-state index is 0.132. The highest BCUT2D eigenvalue weighted by Crippen LogP contribution is 2.66. The smallest absolute Gasteiger partial charge is 0.253 e. The average molecular weight is 616 g/mol. The molecule has 240 valence electrons. The van der Waals surface area contributed by atoms with Crippen LogP contribution in [0.15, 0.2) is 79.9 Å². The summed E-state index contributed by atoms with van der Waals surface area (Å²) in [5.74, 6) is -2.34. The zero-order chi connectivity index (χ0) is 32.7. The van der Waals surface area contributed by atoms with E-state index in [0.29, 0.717) is 23.5 Å². The number of rotatable bonds is 12. The maximum atomic E-state index is 14.9. The van der Waals surface area contributed by atoms with Crippen molar-refractivity contribution < 1.29 is 29.0 Å². The molecule has 9 heteroatoms. The lowest BCUT2D eigenvalue weighted by Gasteiger charge is -2.40. The Morgan fingerprint density at radius 3 is 2.16 bits per heavy atom. The van der Waals surface area contributed by atoms with Gasteiger partial charge < -0.3 is 29.3 Å². The monoisotopic (exact) mass is 615 g/mol. The SMILES string of the molecule is C=CCN(C(=O)C1N([C@@H](CO)C(C)C)C(=O)[C@@H]2[C@H](C(=O)N(CC=C)c3ccccc3)[C@@]3(C)OC12CC3C)c1ccc(OC)cc1. The van der Waals surface area contributed by atoms with Crippen molar-refractivity contribution in [2.75, 3.05) is 36.6 Å². The second kappa shape index (κ2) is 12.4. The van der Waals surface area contributed by atoms with Gasteiger partial charge in [0.2, 0.25) is 11.8 Å². The summed E-state index contributed by atoms with van der Waals surface area (Å²) in [6.07, 6.45) is 3.73. The van der Waals surface area contributed by atoms with Gasteiger partial charge in [-0.25, -0.2) is 0 Å². The first-order valence-corrected chi connectivity index (χ1v) is 15.7. The molecule has 0 saturated carbocycles. The molecule has 2 aromatic rings. The van der Waals surface area contributed by atoms with Crippen LogP contribution in [0.5, 0.6) is 5.75 Å². The number of anilines is 2. The number of carbonyl (C=O) groups is 3. The summed E-state index contributed by atoms with van der Waals surface area (Å²) < 4.78 is 12.3. The van der Waals surface area contributed by atoms with Crippen molar-refractivity contribution in [2.45, 2.75) is 57.4 Å². The van der Waals surface area contributed by atoms with Crippen LogP contribution >= 0.6 is 0 Å². The highest BCUT2D eigenvalue weighted by atomic mass is 16.5. The summed E-state index contributed by atoms with van der Waals surface area (Å²) >= 11 is 0. The summed E-state index contributed by atoms with van der Waals surface area (Å²) in [7, 11) is 1.57. The number of amides is 3. The zero-order valence-corrected chi connectivity index (χ0v) is 26.9. The number of methoxy groups -OCH3 is 1. The molecule has 1 N–H and O–H groups in total. The molecule has 3 unspecified atom stereocenters. The van der Waals surface area contributed by atoms with E-state index in [9.17, 15) is 19.5 Å². The quantitative estimate of drug-likeness (QED) is 0.354. The van der Waals surface area contributed by atoms with E-state index in [1.807, 2.05) is 58.0 Å². The fourth-order valence-corrected chi connectivity index (χ4v) is 7.90. The molecule has 0 aliphatic carbocycles. The molecule has 7 atom stereocenters. The lowest BCUT2D eigenvalue weighted by molar-refractivity contribution is -0.150. The number of aliphatic hydroxyl groups excluding tert-OH is 1. The lowest BCUT2D eigenvalue weighted by atomic mass is 9.62. The van der Waals surface area contributed by atoms with Crippen molar-refractivity contribution in [3.63, 3.8) is 0 Å². The van der Waals surface area contributed by atoms with E-state index in [1.54, 1.807) is 53.3 Å². The fourth-order valence-electron chi connectivity index (χ4n) is 7.90. The molecule has 3 heterocycles. The van der Waals surface area contributed by atoms with Crippen LogP contribution in [0, 0.1) is 23.7 Å². The summed E-state index contributed by atoms with van der Waals surface area (Å²) in [6.45, 7) is 15.6. The Kier molecular flexibility index (Phi) is 8.97. The number of aliphatic hydroxyl groups is 1. The number of carbonyl (C=O) groups excluding carboxylic acids is 3. The van der Waals surface area contributed by atoms with Crippen LogP contribution in [-0.2, 0) is 19.1 Å². The minimum Gasteiger partial charge on any atom is -0.497 e. The molecule has 9 nitrogen and oxygen atoms in total. The fraction of sp³-hybridized carbons (Fsp3) is 0.472.